The van der Waals surface area contributed by atoms with E-state index in [1.165, 1.54) is 6.92 Å². The fraction of sp³-hybridized carbons (Fsp3) is 0.294. The molecule has 2 aromatic rings. The minimum atomic E-state index is -0.207. The smallest absolute Gasteiger partial charge is 0.267 e. The average molecular weight is 299 g/mol. The molecule has 0 aliphatic carbocycles. The molecule has 0 radical (unpaired) electrons. The van der Waals surface area contributed by atoms with E-state index >= 15 is 0 Å². The lowest BCUT2D eigenvalue weighted by molar-refractivity contribution is 0.0936. The second-order valence-corrected chi connectivity index (χ2v) is 5.45. The van der Waals surface area contributed by atoms with Gasteiger partial charge in [-0.15, -0.1) is 0 Å². The van der Waals surface area contributed by atoms with Crippen LogP contribution in [0.25, 0.3) is 0 Å². The van der Waals surface area contributed by atoms with Crippen LogP contribution in [0.1, 0.15) is 34.7 Å². The molecule has 1 amide bonds. The molecule has 0 saturated heterocycles. The zero-order chi connectivity index (χ0) is 16.1. The molecule has 0 bridgehead atoms. The van der Waals surface area contributed by atoms with Gasteiger partial charge in [-0.3, -0.25) is 9.59 Å². The Bertz CT molecular complexity index is 649. The molecule has 5 heteroatoms. The number of rotatable bonds is 6. The van der Waals surface area contributed by atoms with Gasteiger partial charge >= 0.3 is 0 Å². The first-order chi connectivity index (χ1) is 10.5. The second-order valence-electron chi connectivity index (χ2n) is 5.45. The number of nitrogens with zero attached hydrogens (tertiary/aromatic N) is 1. The number of nitrogens with one attached hydrogen (secondary N) is 2. The molecule has 0 aliphatic rings. The summed E-state index contributed by atoms with van der Waals surface area (Å²) < 4.78 is 0. The van der Waals surface area contributed by atoms with E-state index in [4.69, 9.17) is 0 Å². The van der Waals surface area contributed by atoms with Crippen LogP contribution >= 0.6 is 0 Å². The molecule has 0 spiro atoms. The van der Waals surface area contributed by atoms with E-state index in [9.17, 15) is 9.59 Å². The van der Waals surface area contributed by atoms with Gasteiger partial charge in [0.1, 0.15) is 5.69 Å². The van der Waals surface area contributed by atoms with Gasteiger partial charge < -0.3 is 15.2 Å². The number of amides is 1. The number of carbonyl (C=O) groups is 2. The van der Waals surface area contributed by atoms with Crippen molar-refractivity contribution in [3.8, 4) is 0 Å². The minimum absolute atomic E-state index is 0.0261. The Labute approximate surface area is 130 Å². The maximum Gasteiger partial charge on any atom is 0.267 e. The van der Waals surface area contributed by atoms with E-state index in [0.717, 1.165) is 5.69 Å². The molecule has 22 heavy (non-hydrogen) atoms. The number of ketones is 1. The zero-order valence-electron chi connectivity index (χ0n) is 13.1. The highest BCUT2D eigenvalue weighted by Gasteiger charge is 2.14. The predicted molar refractivity (Wildman–Crippen MR) is 87.4 cm³/mol. The number of H-pyrrole nitrogens is 1. The maximum absolute atomic E-state index is 12.1. The summed E-state index contributed by atoms with van der Waals surface area (Å²) in [5.74, 6) is -0.270. The highest BCUT2D eigenvalue weighted by molar-refractivity contribution is 5.99. The van der Waals surface area contributed by atoms with Crippen molar-refractivity contribution >= 4 is 17.4 Å². The lowest BCUT2D eigenvalue weighted by Gasteiger charge is -2.24. The number of Topliss-reactive ketones (excluding diaryl/α,β-unsaturated/α-hetero) is 1. The molecular formula is C17H21N3O2. The SMILES string of the molecule is CC(=O)c1c[nH]c(C(=O)NC(C)CN(C)c2ccccc2)c1. The summed E-state index contributed by atoms with van der Waals surface area (Å²) in [6.45, 7) is 4.12. The van der Waals surface area contributed by atoms with Crippen molar-refractivity contribution in [3.63, 3.8) is 0 Å². The normalized spacial score (nSPS) is 11.8. The van der Waals surface area contributed by atoms with Gasteiger partial charge in [0.25, 0.3) is 5.91 Å². The van der Waals surface area contributed by atoms with Crippen molar-refractivity contribution in [3.05, 3.63) is 53.9 Å². The van der Waals surface area contributed by atoms with E-state index in [-0.39, 0.29) is 17.7 Å². The Balaban J connectivity index is 1.92. The van der Waals surface area contributed by atoms with Crippen LogP contribution in [0.15, 0.2) is 42.6 Å². The summed E-state index contributed by atoms with van der Waals surface area (Å²) in [4.78, 5) is 28.3. The number of likely N-dealkylation sites (N-methyl/N-ethyl adjacent to an activating group) is 1. The third-order valence-corrected chi connectivity index (χ3v) is 3.46. The molecule has 1 aromatic carbocycles. The highest BCUT2D eigenvalue weighted by atomic mass is 16.2. The highest BCUT2D eigenvalue weighted by Crippen LogP contribution is 2.11. The molecule has 2 N–H and O–H groups in total. The molecule has 116 valence electrons. The lowest BCUT2D eigenvalue weighted by Crippen LogP contribution is -2.40. The molecule has 2 rings (SSSR count). The van der Waals surface area contributed by atoms with E-state index in [0.29, 0.717) is 17.8 Å². The van der Waals surface area contributed by atoms with Crippen LogP contribution < -0.4 is 10.2 Å². The zero-order valence-corrected chi connectivity index (χ0v) is 13.1. The first-order valence-electron chi connectivity index (χ1n) is 7.23. The van der Waals surface area contributed by atoms with E-state index < -0.39 is 0 Å². The van der Waals surface area contributed by atoms with Gasteiger partial charge in [-0.25, -0.2) is 0 Å². The molecule has 0 saturated carbocycles. The first-order valence-corrected chi connectivity index (χ1v) is 7.23. The number of para-hydroxylation sites is 1. The van der Waals surface area contributed by atoms with Crippen molar-refractivity contribution < 1.29 is 9.59 Å². The molecule has 1 heterocycles. The van der Waals surface area contributed by atoms with Crippen LogP contribution in [-0.4, -0.2) is 36.3 Å². The second kappa shape index (κ2) is 6.93. The number of hydrogen-bond donors (Lipinski definition) is 2. The average Bonchev–Trinajstić information content (AvgIpc) is 2.98. The molecule has 5 nitrogen and oxygen atoms in total. The number of carbonyl (C=O) groups excluding carboxylic acids is 2. The summed E-state index contributed by atoms with van der Waals surface area (Å²) in [6, 6.07) is 11.5. The summed E-state index contributed by atoms with van der Waals surface area (Å²) in [7, 11) is 1.99. The van der Waals surface area contributed by atoms with E-state index in [1.54, 1.807) is 12.3 Å². The molecule has 0 fully saturated rings. The third-order valence-electron chi connectivity index (χ3n) is 3.46. The Morgan fingerprint density at radius 3 is 2.55 bits per heavy atom. The van der Waals surface area contributed by atoms with Gasteiger partial charge in [-0.1, -0.05) is 18.2 Å². The number of aromatic nitrogens is 1. The number of anilines is 1. The molecule has 1 atom stereocenters. The van der Waals surface area contributed by atoms with Crippen LogP contribution in [0.2, 0.25) is 0 Å². The van der Waals surface area contributed by atoms with Gasteiger partial charge in [0, 0.05) is 37.1 Å². The fourth-order valence-corrected chi connectivity index (χ4v) is 2.27. The van der Waals surface area contributed by atoms with Crippen LogP contribution in [0, 0.1) is 0 Å². The van der Waals surface area contributed by atoms with Crippen molar-refractivity contribution in [1.29, 1.82) is 0 Å². The van der Waals surface area contributed by atoms with Crippen molar-refractivity contribution in [2.24, 2.45) is 0 Å². The Kier molecular flexibility index (Phi) is 4.99. The molecule has 1 aromatic heterocycles. The van der Waals surface area contributed by atoms with Gasteiger partial charge in [-0.05, 0) is 32.0 Å². The Hall–Kier alpha value is -2.56. The molecule has 0 aliphatic heterocycles. The summed E-state index contributed by atoms with van der Waals surface area (Å²) in [5.41, 5.74) is 2.01. The third kappa shape index (κ3) is 3.97. The van der Waals surface area contributed by atoms with E-state index in [2.05, 4.69) is 15.2 Å². The number of hydrogen-bond acceptors (Lipinski definition) is 3. The van der Waals surface area contributed by atoms with Crippen LogP contribution in [0.3, 0.4) is 0 Å². The maximum atomic E-state index is 12.1. The summed E-state index contributed by atoms with van der Waals surface area (Å²) in [6.07, 6.45) is 1.55. The topological polar surface area (TPSA) is 65.2 Å². The van der Waals surface area contributed by atoms with Crippen molar-refractivity contribution in [1.82, 2.24) is 10.3 Å². The van der Waals surface area contributed by atoms with Crippen LogP contribution in [0.5, 0.6) is 0 Å². The first kappa shape index (κ1) is 15.8. The Morgan fingerprint density at radius 2 is 1.95 bits per heavy atom. The summed E-state index contributed by atoms with van der Waals surface area (Å²) in [5, 5.41) is 2.93. The molecule has 1 unspecified atom stereocenters. The monoisotopic (exact) mass is 299 g/mol. The van der Waals surface area contributed by atoms with Crippen LogP contribution in [-0.2, 0) is 0 Å². The Morgan fingerprint density at radius 1 is 1.27 bits per heavy atom. The summed E-state index contributed by atoms with van der Waals surface area (Å²) >= 11 is 0. The molecular weight excluding hydrogens is 278 g/mol. The standard InChI is InChI=1S/C17H21N3O2/c1-12(11-20(3)15-7-5-4-6-8-15)19-17(22)16-9-14(10-18-16)13(2)21/h4-10,12,18H,11H2,1-3H3,(H,19,22). The van der Waals surface area contributed by atoms with Gasteiger partial charge in [0.05, 0.1) is 0 Å². The predicted octanol–water partition coefficient (Wildman–Crippen LogP) is 2.47. The number of benzene rings is 1. The van der Waals surface area contributed by atoms with Crippen molar-refractivity contribution in [2.45, 2.75) is 19.9 Å². The fourth-order valence-electron chi connectivity index (χ4n) is 2.27. The quantitative estimate of drug-likeness (QED) is 0.805. The van der Waals surface area contributed by atoms with Gasteiger partial charge in [0.15, 0.2) is 5.78 Å². The largest absolute Gasteiger partial charge is 0.373 e. The van der Waals surface area contributed by atoms with Gasteiger partial charge in [-0.2, -0.15) is 0 Å². The lowest BCUT2D eigenvalue weighted by atomic mass is 10.2. The van der Waals surface area contributed by atoms with Crippen LogP contribution in [0.4, 0.5) is 5.69 Å². The number of aromatic amines is 1. The van der Waals surface area contributed by atoms with Gasteiger partial charge in [0.2, 0.25) is 0 Å². The minimum Gasteiger partial charge on any atom is -0.373 e. The van der Waals surface area contributed by atoms with Crippen molar-refractivity contribution in [2.75, 3.05) is 18.5 Å². The van der Waals surface area contributed by atoms with E-state index in [1.807, 2.05) is 44.3 Å².